The van der Waals surface area contributed by atoms with Gasteiger partial charge in [0.2, 0.25) is 5.91 Å². The average Bonchev–Trinajstić information content (AvgIpc) is 3.68. The Morgan fingerprint density at radius 2 is 1.70 bits per heavy atom. The molecule has 2 aromatic carbocycles. The van der Waals surface area contributed by atoms with Crippen molar-refractivity contribution in [2.45, 2.75) is 18.9 Å². The molecule has 3 aliphatic heterocycles. The molecule has 0 radical (unpaired) electrons. The van der Waals surface area contributed by atoms with Crippen LogP contribution in [0.25, 0.3) is 11.0 Å². The maximum atomic E-state index is 13.1. The Labute approximate surface area is 217 Å². The first-order chi connectivity index (χ1) is 18.1. The highest BCUT2D eigenvalue weighted by Crippen LogP contribution is 2.32. The summed E-state index contributed by atoms with van der Waals surface area (Å²) >= 11 is 0. The Morgan fingerprint density at radius 1 is 0.973 bits per heavy atom. The lowest BCUT2D eigenvalue weighted by atomic mass is 10.0. The number of fused-ring (bicyclic) bond motifs is 2. The van der Waals surface area contributed by atoms with Gasteiger partial charge in [-0.3, -0.25) is 14.6 Å². The maximum Gasteiger partial charge on any atom is 0.274 e. The van der Waals surface area contributed by atoms with Gasteiger partial charge >= 0.3 is 0 Å². The summed E-state index contributed by atoms with van der Waals surface area (Å²) in [6.07, 6.45) is 3.25. The molecule has 1 aromatic heterocycles. The number of amides is 2. The fraction of sp³-hybridized carbons (Fsp3) is 0.448. The van der Waals surface area contributed by atoms with E-state index in [4.69, 9.17) is 4.74 Å². The second kappa shape index (κ2) is 10.6. The zero-order valence-electron chi connectivity index (χ0n) is 21.0. The van der Waals surface area contributed by atoms with Crippen molar-refractivity contribution in [2.24, 2.45) is 17.8 Å². The first kappa shape index (κ1) is 24.0. The summed E-state index contributed by atoms with van der Waals surface area (Å²) in [6.45, 7) is 5.57. The zero-order valence-corrected chi connectivity index (χ0v) is 21.0. The topological polar surface area (TPSA) is 87.7 Å². The number of carbonyl (C=O) groups is 2. The SMILES string of the molecule is O=C(NC(CCN1CC2CN(C(=O)c3cnc4ccccc4n3)C[C@@H]2C1)c1ccccc1)C1CCOC1. The van der Waals surface area contributed by atoms with Crippen molar-refractivity contribution < 1.29 is 14.3 Å². The maximum absolute atomic E-state index is 13.1. The standard InChI is InChI=1S/C29H33N5O3/c35-28(21-11-13-37-19-21)32-24(20-6-2-1-3-7-20)10-12-33-15-22-17-34(18-23(22)16-33)29(36)27-14-30-25-8-4-5-9-26(25)31-27/h1-9,14,21-24H,10-13,15-19H2,(H,32,35)/t21?,22-,23?,24?/m0/s1. The number of benzene rings is 2. The fourth-order valence-electron chi connectivity index (χ4n) is 6.01. The molecule has 3 unspecified atom stereocenters. The molecule has 2 amide bonds. The molecule has 3 aromatic rings. The number of hydrogen-bond acceptors (Lipinski definition) is 6. The van der Waals surface area contributed by atoms with E-state index in [0.29, 0.717) is 30.7 Å². The van der Waals surface area contributed by atoms with Crippen LogP contribution in [0, 0.1) is 17.8 Å². The van der Waals surface area contributed by atoms with E-state index in [1.807, 2.05) is 47.4 Å². The van der Waals surface area contributed by atoms with Gasteiger partial charge in [-0.1, -0.05) is 42.5 Å². The van der Waals surface area contributed by atoms with Crippen LogP contribution in [0.2, 0.25) is 0 Å². The molecule has 4 atom stereocenters. The quantitative estimate of drug-likeness (QED) is 0.538. The van der Waals surface area contributed by atoms with Crippen LogP contribution in [-0.4, -0.2) is 77.5 Å². The molecule has 0 bridgehead atoms. The van der Waals surface area contributed by atoms with Crippen LogP contribution in [0.1, 0.15) is 34.9 Å². The minimum absolute atomic E-state index is 0.0145. The van der Waals surface area contributed by atoms with E-state index in [-0.39, 0.29) is 23.8 Å². The fourth-order valence-corrected chi connectivity index (χ4v) is 6.01. The van der Waals surface area contributed by atoms with Crippen LogP contribution < -0.4 is 5.32 Å². The molecule has 0 saturated carbocycles. The highest BCUT2D eigenvalue weighted by Gasteiger charge is 2.42. The van der Waals surface area contributed by atoms with Gasteiger partial charge in [-0.2, -0.15) is 0 Å². The van der Waals surface area contributed by atoms with Gasteiger partial charge in [0.25, 0.3) is 5.91 Å². The van der Waals surface area contributed by atoms with Gasteiger partial charge in [0.1, 0.15) is 5.69 Å². The summed E-state index contributed by atoms with van der Waals surface area (Å²) in [6, 6.07) is 17.9. The number of ether oxygens (including phenoxy) is 1. The summed E-state index contributed by atoms with van der Waals surface area (Å²) in [5, 5.41) is 3.29. The zero-order chi connectivity index (χ0) is 25.2. The predicted octanol–water partition coefficient (Wildman–Crippen LogP) is 2.92. The lowest BCUT2D eigenvalue weighted by Crippen LogP contribution is -2.37. The van der Waals surface area contributed by atoms with Crippen LogP contribution in [-0.2, 0) is 9.53 Å². The van der Waals surface area contributed by atoms with Crippen molar-refractivity contribution in [2.75, 3.05) is 45.9 Å². The molecule has 8 nitrogen and oxygen atoms in total. The molecule has 4 heterocycles. The second-order valence-electron chi connectivity index (χ2n) is 10.6. The number of nitrogens with zero attached hydrogens (tertiary/aromatic N) is 4. The summed E-state index contributed by atoms with van der Waals surface area (Å²) in [4.78, 5) is 39.4. The smallest absolute Gasteiger partial charge is 0.274 e. The Morgan fingerprint density at radius 3 is 2.43 bits per heavy atom. The predicted molar refractivity (Wildman–Crippen MR) is 140 cm³/mol. The van der Waals surface area contributed by atoms with Gasteiger partial charge in [0.05, 0.1) is 35.8 Å². The van der Waals surface area contributed by atoms with E-state index >= 15 is 0 Å². The number of aromatic nitrogens is 2. The third-order valence-corrected chi connectivity index (χ3v) is 8.07. The van der Waals surface area contributed by atoms with Gasteiger partial charge in [-0.25, -0.2) is 4.98 Å². The number of hydrogen-bond donors (Lipinski definition) is 1. The van der Waals surface area contributed by atoms with Crippen LogP contribution in [0.4, 0.5) is 0 Å². The van der Waals surface area contributed by atoms with Crippen molar-refractivity contribution in [3.8, 4) is 0 Å². The summed E-state index contributed by atoms with van der Waals surface area (Å²) < 4.78 is 5.42. The molecule has 6 rings (SSSR count). The van der Waals surface area contributed by atoms with E-state index in [2.05, 4.69) is 32.3 Å². The van der Waals surface area contributed by atoms with Gasteiger partial charge in [0.15, 0.2) is 0 Å². The Bertz CT molecular complexity index is 1250. The van der Waals surface area contributed by atoms with E-state index < -0.39 is 0 Å². The van der Waals surface area contributed by atoms with Crippen molar-refractivity contribution in [3.63, 3.8) is 0 Å². The van der Waals surface area contributed by atoms with Gasteiger partial charge in [-0.15, -0.1) is 0 Å². The molecule has 8 heteroatoms. The highest BCUT2D eigenvalue weighted by molar-refractivity contribution is 5.94. The van der Waals surface area contributed by atoms with Crippen molar-refractivity contribution >= 4 is 22.8 Å². The summed E-state index contributed by atoms with van der Waals surface area (Å²) in [5.41, 5.74) is 3.11. The van der Waals surface area contributed by atoms with E-state index in [0.717, 1.165) is 62.2 Å². The molecule has 3 aliphatic rings. The monoisotopic (exact) mass is 499 g/mol. The molecular formula is C29H33N5O3. The first-order valence-corrected chi connectivity index (χ1v) is 13.3. The average molecular weight is 500 g/mol. The molecule has 192 valence electrons. The lowest BCUT2D eigenvalue weighted by molar-refractivity contribution is -0.125. The van der Waals surface area contributed by atoms with Crippen molar-refractivity contribution in [1.82, 2.24) is 25.1 Å². The van der Waals surface area contributed by atoms with E-state index in [9.17, 15) is 9.59 Å². The molecule has 3 saturated heterocycles. The van der Waals surface area contributed by atoms with Crippen molar-refractivity contribution in [1.29, 1.82) is 0 Å². The number of para-hydroxylation sites is 2. The van der Waals surface area contributed by atoms with Gasteiger partial charge < -0.3 is 19.9 Å². The third-order valence-electron chi connectivity index (χ3n) is 8.07. The minimum atomic E-state index is -0.0480. The van der Waals surface area contributed by atoms with Crippen LogP contribution in [0.5, 0.6) is 0 Å². The second-order valence-corrected chi connectivity index (χ2v) is 10.6. The third kappa shape index (κ3) is 5.22. The van der Waals surface area contributed by atoms with Crippen LogP contribution >= 0.6 is 0 Å². The van der Waals surface area contributed by atoms with Crippen LogP contribution in [0.15, 0.2) is 60.8 Å². The molecule has 0 aliphatic carbocycles. The molecular weight excluding hydrogens is 466 g/mol. The van der Waals surface area contributed by atoms with Crippen LogP contribution in [0.3, 0.4) is 0 Å². The largest absolute Gasteiger partial charge is 0.381 e. The Balaban J connectivity index is 1.04. The normalized spacial score (nSPS) is 24.3. The first-order valence-electron chi connectivity index (χ1n) is 13.3. The number of nitrogens with one attached hydrogen (secondary N) is 1. The summed E-state index contributed by atoms with van der Waals surface area (Å²) in [5.74, 6) is 0.959. The number of carbonyl (C=O) groups excluding carboxylic acids is 2. The summed E-state index contributed by atoms with van der Waals surface area (Å²) in [7, 11) is 0. The Hall–Kier alpha value is -3.36. The van der Waals surface area contributed by atoms with Crippen molar-refractivity contribution in [3.05, 3.63) is 72.1 Å². The number of likely N-dealkylation sites (tertiary alicyclic amines) is 2. The van der Waals surface area contributed by atoms with E-state index in [1.54, 1.807) is 6.20 Å². The van der Waals surface area contributed by atoms with E-state index in [1.165, 1.54) is 0 Å². The lowest BCUT2D eigenvalue weighted by Gasteiger charge is -2.25. The minimum Gasteiger partial charge on any atom is -0.381 e. The Kier molecular flexibility index (Phi) is 6.85. The van der Waals surface area contributed by atoms with Gasteiger partial charge in [0, 0.05) is 39.3 Å². The number of rotatable bonds is 7. The molecule has 3 fully saturated rings. The molecule has 37 heavy (non-hydrogen) atoms. The highest BCUT2D eigenvalue weighted by atomic mass is 16.5. The molecule has 1 N–H and O–H groups in total. The molecule has 0 spiro atoms. The van der Waals surface area contributed by atoms with Gasteiger partial charge in [-0.05, 0) is 42.4 Å².